The number of nitro benzene ring substituents is 1. The minimum absolute atomic E-state index is 0.0164. The molecular formula is C9H9F3N2O2. The van der Waals surface area contributed by atoms with Crippen LogP contribution >= 0.6 is 0 Å². The summed E-state index contributed by atoms with van der Waals surface area (Å²) in [6.07, 6.45) is -4.66. The predicted molar refractivity (Wildman–Crippen MR) is 51.9 cm³/mol. The van der Waals surface area contributed by atoms with Gasteiger partial charge >= 0.3 is 6.18 Å². The second-order valence-electron chi connectivity index (χ2n) is 3.18. The zero-order valence-electron chi connectivity index (χ0n) is 8.34. The van der Waals surface area contributed by atoms with E-state index in [0.717, 1.165) is 0 Å². The van der Waals surface area contributed by atoms with Crippen LogP contribution in [0.4, 0.5) is 24.5 Å². The van der Waals surface area contributed by atoms with Crippen LogP contribution in [0.15, 0.2) is 12.1 Å². The predicted octanol–water partition coefficient (Wildman–Crippen LogP) is 2.76. The number of benzene rings is 1. The fraction of sp³-hybridized carbons (Fsp3) is 0.333. The highest BCUT2D eigenvalue weighted by Gasteiger charge is 2.39. The molecule has 0 unspecified atom stereocenters. The SMILES string of the molecule is CCc1cc(N)cc(C(F)(F)F)c1[N+](=O)[O-]. The number of hydrogen-bond donors (Lipinski definition) is 1. The summed E-state index contributed by atoms with van der Waals surface area (Å²) in [5, 5.41) is 10.6. The smallest absolute Gasteiger partial charge is 0.399 e. The third-order valence-electron chi connectivity index (χ3n) is 2.08. The third-order valence-corrected chi connectivity index (χ3v) is 2.08. The molecule has 16 heavy (non-hydrogen) atoms. The number of anilines is 1. The summed E-state index contributed by atoms with van der Waals surface area (Å²) in [5.41, 5.74) is 2.92. The number of nitrogen functional groups attached to an aromatic ring is 1. The first-order chi connectivity index (χ1) is 7.27. The number of hydrogen-bond acceptors (Lipinski definition) is 3. The molecular weight excluding hydrogens is 225 g/mol. The van der Waals surface area contributed by atoms with Crippen molar-refractivity contribution in [1.29, 1.82) is 0 Å². The number of aryl methyl sites for hydroxylation is 1. The maximum Gasteiger partial charge on any atom is 0.423 e. The molecule has 0 aliphatic heterocycles. The van der Waals surface area contributed by atoms with Crippen molar-refractivity contribution in [3.05, 3.63) is 33.4 Å². The van der Waals surface area contributed by atoms with Crippen molar-refractivity contribution >= 4 is 11.4 Å². The quantitative estimate of drug-likeness (QED) is 0.486. The van der Waals surface area contributed by atoms with E-state index in [-0.39, 0.29) is 17.7 Å². The first-order valence-corrected chi connectivity index (χ1v) is 4.41. The molecule has 1 aromatic rings. The van der Waals surface area contributed by atoms with Crippen LogP contribution in [-0.4, -0.2) is 4.92 Å². The van der Waals surface area contributed by atoms with Gasteiger partial charge in [-0.1, -0.05) is 6.92 Å². The van der Waals surface area contributed by atoms with E-state index < -0.39 is 22.4 Å². The molecule has 0 heterocycles. The summed E-state index contributed by atoms with van der Waals surface area (Å²) in [6, 6.07) is 1.77. The maximum atomic E-state index is 12.5. The molecule has 0 spiro atoms. The molecule has 1 rings (SSSR count). The van der Waals surface area contributed by atoms with Gasteiger partial charge < -0.3 is 5.73 Å². The lowest BCUT2D eigenvalue weighted by Crippen LogP contribution is -2.11. The Morgan fingerprint density at radius 3 is 2.38 bits per heavy atom. The number of rotatable bonds is 2. The van der Waals surface area contributed by atoms with E-state index in [0.29, 0.717) is 6.07 Å². The molecule has 0 bridgehead atoms. The summed E-state index contributed by atoms with van der Waals surface area (Å²) in [6.45, 7) is 1.53. The average Bonchev–Trinajstić information content (AvgIpc) is 2.14. The van der Waals surface area contributed by atoms with E-state index in [4.69, 9.17) is 5.73 Å². The average molecular weight is 234 g/mol. The third kappa shape index (κ3) is 2.23. The molecule has 0 aliphatic carbocycles. The van der Waals surface area contributed by atoms with Gasteiger partial charge in [-0.05, 0) is 18.6 Å². The molecule has 1 aromatic carbocycles. The van der Waals surface area contributed by atoms with Crippen LogP contribution in [0.2, 0.25) is 0 Å². The van der Waals surface area contributed by atoms with Crippen molar-refractivity contribution in [3.8, 4) is 0 Å². The minimum Gasteiger partial charge on any atom is -0.399 e. The van der Waals surface area contributed by atoms with Crippen molar-refractivity contribution in [1.82, 2.24) is 0 Å². The topological polar surface area (TPSA) is 69.2 Å². The summed E-state index contributed by atoms with van der Waals surface area (Å²) in [7, 11) is 0. The van der Waals surface area contributed by atoms with Crippen LogP contribution in [-0.2, 0) is 12.6 Å². The first-order valence-electron chi connectivity index (χ1n) is 4.41. The molecule has 0 saturated carbocycles. The van der Waals surface area contributed by atoms with Crippen molar-refractivity contribution < 1.29 is 18.1 Å². The van der Waals surface area contributed by atoms with Gasteiger partial charge in [-0.25, -0.2) is 0 Å². The second-order valence-corrected chi connectivity index (χ2v) is 3.18. The Bertz CT molecular complexity index is 429. The molecule has 0 amide bonds. The number of nitrogens with zero attached hydrogens (tertiary/aromatic N) is 1. The van der Waals surface area contributed by atoms with Crippen LogP contribution in [0.25, 0.3) is 0 Å². The number of nitro groups is 1. The number of nitrogens with two attached hydrogens (primary N) is 1. The second kappa shape index (κ2) is 3.99. The van der Waals surface area contributed by atoms with Gasteiger partial charge in [0.1, 0.15) is 5.56 Å². The Hall–Kier alpha value is -1.79. The molecule has 0 aliphatic rings. The highest BCUT2D eigenvalue weighted by molar-refractivity contribution is 5.58. The van der Waals surface area contributed by atoms with Crippen LogP contribution in [0.5, 0.6) is 0 Å². The van der Waals surface area contributed by atoms with Crippen LogP contribution in [0, 0.1) is 10.1 Å². The highest BCUT2D eigenvalue weighted by Crippen LogP contribution is 2.39. The maximum absolute atomic E-state index is 12.5. The van der Waals surface area contributed by atoms with Crippen LogP contribution in [0.3, 0.4) is 0 Å². The molecule has 0 radical (unpaired) electrons. The van der Waals surface area contributed by atoms with Gasteiger partial charge in [0.05, 0.1) is 4.92 Å². The Labute approximate surface area is 89.0 Å². The van der Waals surface area contributed by atoms with E-state index in [1.54, 1.807) is 0 Å². The highest BCUT2D eigenvalue weighted by atomic mass is 19.4. The summed E-state index contributed by atoms with van der Waals surface area (Å²) in [4.78, 5) is 9.60. The van der Waals surface area contributed by atoms with Gasteiger partial charge in [0, 0.05) is 11.3 Å². The van der Waals surface area contributed by atoms with Crippen molar-refractivity contribution in [2.75, 3.05) is 5.73 Å². The first kappa shape index (κ1) is 12.3. The fourth-order valence-electron chi connectivity index (χ4n) is 1.42. The monoisotopic (exact) mass is 234 g/mol. The van der Waals surface area contributed by atoms with E-state index in [9.17, 15) is 23.3 Å². The largest absolute Gasteiger partial charge is 0.423 e. The molecule has 7 heteroatoms. The summed E-state index contributed by atoms with van der Waals surface area (Å²) < 4.78 is 37.6. The molecule has 2 N–H and O–H groups in total. The molecule has 0 aromatic heterocycles. The normalized spacial score (nSPS) is 11.5. The molecule has 4 nitrogen and oxygen atoms in total. The fourth-order valence-corrected chi connectivity index (χ4v) is 1.42. The van der Waals surface area contributed by atoms with E-state index >= 15 is 0 Å². The van der Waals surface area contributed by atoms with Crippen molar-refractivity contribution in [2.24, 2.45) is 0 Å². The van der Waals surface area contributed by atoms with Crippen LogP contribution in [0.1, 0.15) is 18.1 Å². The molecule has 0 fully saturated rings. The van der Waals surface area contributed by atoms with Gasteiger partial charge in [-0.2, -0.15) is 13.2 Å². The van der Waals surface area contributed by atoms with Gasteiger partial charge in [0.2, 0.25) is 0 Å². The lowest BCUT2D eigenvalue weighted by molar-refractivity contribution is -0.388. The number of alkyl halides is 3. The van der Waals surface area contributed by atoms with Gasteiger partial charge in [0.25, 0.3) is 5.69 Å². The van der Waals surface area contributed by atoms with Crippen LogP contribution < -0.4 is 5.73 Å². The van der Waals surface area contributed by atoms with Gasteiger partial charge in [-0.3, -0.25) is 10.1 Å². The molecule has 0 saturated heterocycles. The zero-order valence-corrected chi connectivity index (χ0v) is 8.34. The summed E-state index contributed by atoms with van der Waals surface area (Å²) >= 11 is 0. The van der Waals surface area contributed by atoms with E-state index in [2.05, 4.69) is 0 Å². The Morgan fingerprint density at radius 2 is 2.00 bits per heavy atom. The zero-order chi connectivity index (χ0) is 12.5. The summed E-state index contributed by atoms with van der Waals surface area (Å²) in [5.74, 6) is 0. The van der Waals surface area contributed by atoms with E-state index in [1.807, 2.05) is 0 Å². The Balaban J connectivity index is 3.57. The van der Waals surface area contributed by atoms with Crippen molar-refractivity contribution in [3.63, 3.8) is 0 Å². The minimum atomic E-state index is -4.78. The van der Waals surface area contributed by atoms with Gasteiger partial charge in [-0.15, -0.1) is 0 Å². The molecule has 0 atom stereocenters. The van der Waals surface area contributed by atoms with Crippen molar-refractivity contribution in [2.45, 2.75) is 19.5 Å². The standard InChI is InChI=1S/C9H9F3N2O2/c1-2-5-3-6(13)4-7(9(10,11)12)8(5)14(15)16/h3-4H,2,13H2,1H3. The Kier molecular flexibility index (Phi) is 3.06. The Morgan fingerprint density at radius 1 is 1.44 bits per heavy atom. The lowest BCUT2D eigenvalue weighted by Gasteiger charge is -2.11. The van der Waals surface area contributed by atoms with E-state index in [1.165, 1.54) is 13.0 Å². The number of halogens is 3. The lowest BCUT2D eigenvalue weighted by atomic mass is 10.0. The van der Waals surface area contributed by atoms with Gasteiger partial charge in [0.15, 0.2) is 0 Å². The molecule has 88 valence electrons.